The summed E-state index contributed by atoms with van der Waals surface area (Å²) >= 11 is 1.45. The largest absolute Gasteiger partial charge is 0.481 e. The van der Waals surface area contributed by atoms with Gasteiger partial charge in [0.15, 0.2) is 0 Å². The van der Waals surface area contributed by atoms with Gasteiger partial charge in [-0.25, -0.2) is 4.39 Å². The Kier molecular flexibility index (Phi) is 4.91. The summed E-state index contributed by atoms with van der Waals surface area (Å²) in [6, 6.07) is 16.7. The first-order valence-electron chi connectivity index (χ1n) is 7.40. The molecule has 5 heteroatoms. The van der Waals surface area contributed by atoms with Crippen LogP contribution in [0.1, 0.15) is 16.4 Å². The van der Waals surface area contributed by atoms with Crippen LogP contribution in [0.2, 0.25) is 0 Å². The summed E-state index contributed by atoms with van der Waals surface area (Å²) in [6.07, 6.45) is 0.423. The molecule has 0 bridgehead atoms. The molecule has 3 nitrogen and oxygen atoms in total. The summed E-state index contributed by atoms with van der Waals surface area (Å²) < 4.78 is 18.5. The van der Waals surface area contributed by atoms with Gasteiger partial charge < -0.3 is 9.84 Å². The number of carboxylic acids is 1. The molecule has 2 aromatic carbocycles. The Morgan fingerprint density at radius 3 is 2.21 bits per heavy atom. The molecule has 24 heavy (non-hydrogen) atoms. The smallest absolute Gasteiger partial charge is 0.312 e. The third-order valence-corrected chi connectivity index (χ3v) is 4.58. The Labute approximate surface area is 143 Å². The minimum atomic E-state index is -0.830. The first-order chi connectivity index (χ1) is 11.6. The Hall–Kier alpha value is -2.66. The predicted octanol–water partition coefficient (Wildman–Crippen LogP) is 5.09. The highest BCUT2D eigenvalue weighted by Crippen LogP contribution is 2.27. The molecule has 0 amide bonds. The average Bonchev–Trinajstić information content (AvgIpc) is 3.10. The van der Waals surface area contributed by atoms with Crippen molar-refractivity contribution in [3.63, 3.8) is 0 Å². The molecule has 3 aromatic rings. The van der Waals surface area contributed by atoms with Gasteiger partial charge in [0, 0.05) is 4.88 Å². The van der Waals surface area contributed by atoms with Crippen molar-refractivity contribution in [1.29, 1.82) is 0 Å². The molecule has 1 unspecified atom stereocenters. The van der Waals surface area contributed by atoms with E-state index in [9.17, 15) is 14.3 Å². The van der Waals surface area contributed by atoms with Crippen molar-refractivity contribution in [2.24, 2.45) is 0 Å². The third-order valence-electron chi connectivity index (χ3n) is 3.60. The lowest BCUT2D eigenvalue weighted by molar-refractivity contribution is -0.138. The first-order valence-corrected chi connectivity index (χ1v) is 8.28. The van der Waals surface area contributed by atoms with Crippen LogP contribution in [-0.4, -0.2) is 11.1 Å². The SMILES string of the molecule is O=C(O)C(Cc1ccc(Oc2ccc(F)cc2)cc1)c1cccs1. The van der Waals surface area contributed by atoms with E-state index in [0.717, 1.165) is 10.4 Å². The Morgan fingerprint density at radius 1 is 1.04 bits per heavy atom. The van der Waals surface area contributed by atoms with Crippen molar-refractivity contribution in [2.75, 3.05) is 0 Å². The molecular formula is C19H15FO3S. The van der Waals surface area contributed by atoms with E-state index in [1.54, 1.807) is 24.3 Å². The Balaban J connectivity index is 1.69. The van der Waals surface area contributed by atoms with Crippen LogP contribution >= 0.6 is 11.3 Å². The van der Waals surface area contributed by atoms with Gasteiger partial charge >= 0.3 is 5.97 Å². The van der Waals surface area contributed by atoms with Crippen molar-refractivity contribution in [3.8, 4) is 11.5 Å². The van der Waals surface area contributed by atoms with Gasteiger partial charge in [0.1, 0.15) is 17.3 Å². The fourth-order valence-electron chi connectivity index (χ4n) is 2.37. The molecule has 0 saturated heterocycles. The van der Waals surface area contributed by atoms with Crippen LogP contribution in [0.15, 0.2) is 66.0 Å². The van der Waals surface area contributed by atoms with Gasteiger partial charge in [-0.2, -0.15) is 0 Å². The van der Waals surface area contributed by atoms with E-state index in [1.165, 1.54) is 23.5 Å². The van der Waals surface area contributed by atoms with Crippen LogP contribution in [0.5, 0.6) is 11.5 Å². The van der Waals surface area contributed by atoms with Crippen LogP contribution in [0, 0.1) is 5.82 Å². The van der Waals surface area contributed by atoms with Crippen LogP contribution in [0.3, 0.4) is 0 Å². The highest BCUT2D eigenvalue weighted by atomic mass is 32.1. The van der Waals surface area contributed by atoms with Gasteiger partial charge in [-0.3, -0.25) is 4.79 Å². The number of carbonyl (C=O) groups is 1. The number of ether oxygens (including phenoxy) is 1. The van der Waals surface area contributed by atoms with E-state index >= 15 is 0 Å². The van der Waals surface area contributed by atoms with Crippen LogP contribution in [0.25, 0.3) is 0 Å². The summed E-state index contributed by atoms with van der Waals surface area (Å²) in [5.74, 6) is -0.525. The minimum Gasteiger partial charge on any atom is -0.481 e. The molecule has 1 heterocycles. The van der Waals surface area contributed by atoms with E-state index in [0.29, 0.717) is 17.9 Å². The average molecular weight is 342 g/mol. The molecule has 122 valence electrons. The number of rotatable bonds is 6. The van der Waals surface area contributed by atoms with Gasteiger partial charge in [-0.05, 0) is 59.8 Å². The number of hydrogen-bond acceptors (Lipinski definition) is 3. The fraction of sp³-hybridized carbons (Fsp3) is 0.105. The van der Waals surface area contributed by atoms with Gasteiger partial charge in [0.2, 0.25) is 0 Å². The van der Waals surface area contributed by atoms with Gasteiger partial charge in [-0.15, -0.1) is 11.3 Å². The summed E-state index contributed by atoms with van der Waals surface area (Å²) in [7, 11) is 0. The van der Waals surface area contributed by atoms with Crippen LogP contribution in [0.4, 0.5) is 4.39 Å². The number of carboxylic acid groups (broad SMARTS) is 1. The lowest BCUT2D eigenvalue weighted by Gasteiger charge is -2.11. The summed E-state index contributed by atoms with van der Waals surface area (Å²) in [4.78, 5) is 12.3. The zero-order chi connectivity index (χ0) is 16.9. The van der Waals surface area contributed by atoms with Crippen molar-refractivity contribution in [3.05, 3.63) is 82.3 Å². The molecule has 0 saturated carbocycles. The van der Waals surface area contributed by atoms with E-state index < -0.39 is 11.9 Å². The van der Waals surface area contributed by atoms with Crippen molar-refractivity contribution in [1.82, 2.24) is 0 Å². The number of aliphatic carboxylic acids is 1. The normalized spacial score (nSPS) is 11.9. The van der Waals surface area contributed by atoms with E-state index in [4.69, 9.17) is 4.74 Å². The number of halogens is 1. The lowest BCUT2D eigenvalue weighted by atomic mass is 9.98. The third kappa shape index (κ3) is 4.00. The van der Waals surface area contributed by atoms with Crippen LogP contribution < -0.4 is 4.74 Å². The number of thiophene rings is 1. The zero-order valence-corrected chi connectivity index (χ0v) is 13.5. The lowest BCUT2D eigenvalue weighted by Crippen LogP contribution is -2.13. The second-order valence-electron chi connectivity index (χ2n) is 5.31. The van der Waals surface area contributed by atoms with Crippen molar-refractivity contribution < 1.29 is 19.0 Å². The summed E-state index contributed by atoms with van der Waals surface area (Å²) in [5, 5.41) is 11.3. The van der Waals surface area contributed by atoms with E-state index in [1.807, 2.05) is 29.6 Å². The molecule has 0 spiro atoms. The van der Waals surface area contributed by atoms with Crippen molar-refractivity contribution in [2.45, 2.75) is 12.3 Å². The molecule has 0 aliphatic carbocycles. The van der Waals surface area contributed by atoms with Crippen molar-refractivity contribution >= 4 is 17.3 Å². The second-order valence-corrected chi connectivity index (χ2v) is 6.29. The highest BCUT2D eigenvalue weighted by Gasteiger charge is 2.21. The number of hydrogen-bond donors (Lipinski definition) is 1. The second kappa shape index (κ2) is 7.27. The molecule has 1 N–H and O–H groups in total. The summed E-state index contributed by atoms with van der Waals surface area (Å²) in [6.45, 7) is 0. The topological polar surface area (TPSA) is 46.5 Å². The maximum Gasteiger partial charge on any atom is 0.312 e. The Morgan fingerprint density at radius 2 is 1.67 bits per heavy atom. The molecule has 0 radical (unpaired) electrons. The van der Waals surface area contributed by atoms with Gasteiger partial charge in [0.05, 0.1) is 5.92 Å². The Bertz CT molecular complexity index is 796. The zero-order valence-electron chi connectivity index (χ0n) is 12.7. The minimum absolute atomic E-state index is 0.314. The standard InChI is InChI=1S/C19H15FO3S/c20-14-5-9-16(10-6-14)23-15-7-3-13(4-8-15)12-17(19(21)22)18-2-1-11-24-18/h1-11,17H,12H2,(H,21,22). The number of benzene rings is 2. The predicted molar refractivity (Wildman–Crippen MR) is 91.3 cm³/mol. The van der Waals surface area contributed by atoms with Gasteiger partial charge in [-0.1, -0.05) is 18.2 Å². The van der Waals surface area contributed by atoms with Crippen LogP contribution in [-0.2, 0) is 11.2 Å². The molecule has 1 aromatic heterocycles. The monoisotopic (exact) mass is 342 g/mol. The maximum atomic E-state index is 12.9. The fourth-order valence-corrected chi connectivity index (χ4v) is 3.19. The molecular weight excluding hydrogens is 327 g/mol. The molecule has 0 aliphatic heterocycles. The first kappa shape index (κ1) is 16.2. The molecule has 0 fully saturated rings. The quantitative estimate of drug-likeness (QED) is 0.679. The van der Waals surface area contributed by atoms with E-state index in [-0.39, 0.29) is 5.82 Å². The van der Waals surface area contributed by atoms with Gasteiger partial charge in [0.25, 0.3) is 0 Å². The molecule has 1 atom stereocenters. The summed E-state index contributed by atoms with van der Waals surface area (Å²) in [5.41, 5.74) is 0.919. The highest BCUT2D eigenvalue weighted by molar-refractivity contribution is 7.10. The van der Waals surface area contributed by atoms with E-state index in [2.05, 4.69) is 0 Å². The maximum absolute atomic E-state index is 12.9. The molecule has 0 aliphatic rings. The molecule has 3 rings (SSSR count).